The van der Waals surface area contributed by atoms with Crippen LogP contribution in [0.1, 0.15) is 52.4 Å². The third-order valence-electron chi connectivity index (χ3n) is 6.45. The van der Waals surface area contributed by atoms with Gasteiger partial charge in [-0.25, -0.2) is 0 Å². The van der Waals surface area contributed by atoms with Crippen molar-refractivity contribution >= 4 is 53.5 Å². The molecule has 0 radical (unpaired) electrons. The number of anilines is 1. The van der Waals surface area contributed by atoms with Crippen molar-refractivity contribution in [3.63, 3.8) is 0 Å². The lowest BCUT2D eigenvalue weighted by molar-refractivity contribution is -0.126. The van der Waals surface area contributed by atoms with Crippen molar-refractivity contribution in [2.75, 3.05) is 31.7 Å². The molecular formula is C30H45Cl2N5O3. The SMILES string of the molecule is C=N/N=C(\CCC(/C=C\C)=C(\O)CCl)C1CCCC(C(=O)N/C(C=O)=C(\C)NC)C1.CCl.CNc1ccccc1. The number of halogens is 2. The van der Waals surface area contributed by atoms with Crippen molar-refractivity contribution < 1.29 is 14.7 Å². The van der Waals surface area contributed by atoms with Crippen molar-refractivity contribution in [1.29, 1.82) is 0 Å². The minimum Gasteiger partial charge on any atom is -0.511 e. The molecule has 1 fully saturated rings. The maximum Gasteiger partial charge on any atom is 0.227 e. The lowest BCUT2D eigenvalue weighted by Gasteiger charge is -2.29. The highest BCUT2D eigenvalue weighted by Crippen LogP contribution is 2.32. The van der Waals surface area contributed by atoms with Gasteiger partial charge in [-0.2, -0.15) is 10.2 Å². The van der Waals surface area contributed by atoms with Crippen molar-refractivity contribution in [3.8, 4) is 0 Å². The number of nitrogens with one attached hydrogen (secondary N) is 3. The summed E-state index contributed by atoms with van der Waals surface area (Å²) in [6, 6.07) is 10.1. The number of carbonyl (C=O) groups excluding carboxylic acids is 2. The average molecular weight is 595 g/mol. The number of alkyl halides is 2. The van der Waals surface area contributed by atoms with Gasteiger partial charge in [-0.3, -0.25) is 9.59 Å². The number of aliphatic hydroxyl groups excluding tert-OH is 1. The van der Waals surface area contributed by atoms with E-state index in [0.717, 1.165) is 36.2 Å². The van der Waals surface area contributed by atoms with Gasteiger partial charge in [0, 0.05) is 50.2 Å². The summed E-state index contributed by atoms with van der Waals surface area (Å²) in [4.78, 5) is 24.0. The molecule has 0 saturated heterocycles. The molecule has 2 rings (SSSR count). The van der Waals surface area contributed by atoms with Crippen LogP contribution in [-0.4, -0.2) is 56.1 Å². The Kier molecular flexibility index (Phi) is 20.9. The molecule has 0 bridgehead atoms. The number of allylic oxidation sites excluding steroid dienone is 6. The van der Waals surface area contributed by atoms with Crippen LogP contribution in [-0.2, 0) is 9.59 Å². The lowest BCUT2D eigenvalue weighted by Crippen LogP contribution is -2.36. The maximum atomic E-state index is 12.7. The zero-order valence-electron chi connectivity index (χ0n) is 24.3. The Hall–Kier alpha value is -3.10. The number of para-hydroxylation sites is 1. The lowest BCUT2D eigenvalue weighted by atomic mass is 9.77. The van der Waals surface area contributed by atoms with Crippen LogP contribution < -0.4 is 16.0 Å². The Morgan fingerprint density at radius 2 is 1.80 bits per heavy atom. The first-order valence-corrected chi connectivity index (χ1v) is 14.5. The minimum absolute atomic E-state index is 0.0517. The van der Waals surface area contributed by atoms with Crippen LogP contribution >= 0.6 is 23.2 Å². The molecule has 1 aliphatic carbocycles. The number of benzene rings is 1. The zero-order chi connectivity index (χ0) is 30.3. The topological polar surface area (TPSA) is 115 Å². The largest absolute Gasteiger partial charge is 0.511 e. The quantitative estimate of drug-likeness (QED) is 0.0414. The molecule has 2 unspecified atom stereocenters. The van der Waals surface area contributed by atoms with E-state index < -0.39 is 0 Å². The van der Waals surface area contributed by atoms with Gasteiger partial charge in [-0.1, -0.05) is 36.8 Å². The molecule has 0 spiro atoms. The van der Waals surface area contributed by atoms with Gasteiger partial charge in [0.15, 0.2) is 6.29 Å². The summed E-state index contributed by atoms with van der Waals surface area (Å²) in [5.41, 5.74) is 3.66. The second-order valence-corrected chi connectivity index (χ2v) is 9.18. The van der Waals surface area contributed by atoms with E-state index in [2.05, 4.69) is 44.5 Å². The molecule has 1 aromatic carbocycles. The number of aliphatic hydroxyl groups is 1. The molecule has 8 nitrogen and oxygen atoms in total. The molecule has 0 heterocycles. The second kappa shape index (κ2) is 22.7. The van der Waals surface area contributed by atoms with E-state index in [1.54, 1.807) is 14.0 Å². The average Bonchev–Trinajstić information content (AvgIpc) is 3.01. The summed E-state index contributed by atoms with van der Waals surface area (Å²) in [6.45, 7) is 7.09. The Morgan fingerprint density at radius 1 is 1.15 bits per heavy atom. The van der Waals surface area contributed by atoms with Crippen LogP contribution in [0.15, 0.2) is 75.4 Å². The second-order valence-electron chi connectivity index (χ2n) is 8.91. The molecule has 0 aromatic heterocycles. The van der Waals surface area contributed by atoms with E-state index >= 15 is 0 Å². The molecule has 4 N–H and O–H groups in total. The van der Waals surface area contributed by atoms with E-state index in [4.69, 9.17) is 11.6 Å². The van der Waals surface area contributed by atoms with Gasteiger partial charge in [0.2, 0.25) is 5.91 Å². The molecule has 40 heavy (non-hydrogen) atoms. The van der Waals surface area contributed by atoms with Crippen molar-refractivity contribution in [2.45, 2.75) is 52.4 Å². The fourth-order valence-electron chi connectivity index (χ4n) is 4.22. The van der Waals surface area contributed by atoms with Crippen molar-refractivity contribution in [3.05, 3.63) is 65.2 Å². The minimum atomic E-state index is -0.208. The molecule has 1 aliphatic rings. The summed E-state index contributed by atoms with van der Waals surface area (Å²) in [6.07, 6.45) is 10.2. The van der Waals surface area contributed by atoms with Crippen LogP contribution in [0.4, 0.5) is 5.69 Å². The third-order valence-corrected chi connectivity index (χ3v) is 6.70. The summed E-state index contributed by atoms with van der Waals surface area (Å²) in [5.74, 6) is -0.0682. The van der Waals surface area contributed by atoms with Crippen LogP contribution in [0.3, 0.4) is 0 Å². The first-order chi connectivity index (χ1) is 19.3. The van der Waals surface area contributed by atoms with Crippen LogP contribution in [0, 0.1) is 11.8 Å². The molecule has 1 amide bonds. The third kappa shape index (κ3) is 13.8. The Balaban J connectivity index is 0.00000128. The highest BCUT2D eigenvalue weighted by molar-refractivity contribution is 6.19. The summed E-state index contributed by atoms with van der Waals surface area (Å²) < 4.78 is 0. The molecule has 1 saturated carbocycles. The van der Waals surface area contributed by atoms with E-state index in [-0.39, 0.29) is 35.1 Å². The van der Waals surface area contributed by atoms with Gasteiger partial charge in [-0.05, 0) is 69.6 Å². The highest BCUT2D eigenvalue weighted by atomic mass is 35.5. The predicted molar refractivity (Wildman–Crippen MR) is 171 cm³/mol. The fourth-order valence-corrected chi connectivity index (χ4v) is 4.39. The van der Waals surface area contributed by atoms with E-state index in [9.17, 15) is 14.7 Å². The molecule has 222 valence electrons. The molecule has 2 atom stereocenters. The number of rotatable bonds is 12. The van der Waals surface area contributed by atoms with Gasteiger partial charge in [0.25, 0.3) is 0 Å². The standard InChI is InChI=1S/C22H33ClN4O3.C7H9N.CH3Cl/c1-5-7-16(21(29)13-23)10-11-19(27-25-4)17-8-6-9-18(12-17)22(30)26-20(14-28)15(2)24-3;1-8-7-5-3-2-4-6-7;1-2/h5,7,14,17-18,24,29H,4,6,8-13H2,1-3H3,(H,26,30);2-6,8H,1H3;1H3/b7-5-,20-15+,21-16-,27-19+;;. The van der Waals surface area contributed by atoms with Crippen LogP contribution in [0.5, 0.6) is 0 Å². The molecular weight excluding hydrogens is 549 g/mol. The summed E-state index contributed by atoms with van der Waals surface area (Å²) >= 11 is 10.4. The summed E-state index contributed by atoms with van der Waals surface area (Å²) in [5, 5.41) is 26.6. The number of nitrogens with zero attached hydrogens (tertiary/aromatic N) is 2. The van der Waals surface area contributed by atoms with Gasteiger partial charge in [-0.15, -0.1) is 23.2 Å². The fraction of sp³-hybridized carbons (Fsp3) is 0.467. The first kappa shape index (κ1) is 36.9. The van der Waals surface area contributed by atoms with Crippen molar-refractivity contribution in [1.82, 2.24) is 10.6 Å². The Labute approximate surface area is 249 Å². The van der Waals surface area contributed by atoms with E-state index in [1.165, 1.54) is 6.38 Å². The first-order valence-electron chi connectivity index (χ1n) is 13.2. The molecule has 10 heteroatoms. The zero-order valence-corrected chi connectivity index (χ0v) is 25.9. The van der Waals surface area contributed by atoms with Crippen LogP contribution in [0.2, 0.25) is 0 Å². The van der Waals surface area contributed by atoms with Crippen molar-refractivity contribution in [2.24, 2.45) is 22.0 Å². The summed E-state index contributed by atoms with van der Waals surface area (Å²) in [7, 11) is 3.61. The number of aldehydes is 1. The number of carbonyl (C=O) groups is 2. The maximum absolute atomic E-state index is 12.7. The van der Waals surface area contributed by atoms with Gasteiger partial charge >= 0.3 is 0 Å². The predicted octanol–water partition coefficient (Wildman–Crippen LogP) is 6.61. The van der Waals surface area contributed by atoms with Gasteiger partial charge in [0.05, 0.1) is 11.6 Å². The Bertz CT molecular complexity index is 1020. The number of hydrogen-bond acceptors (Lipinski definition) is 7. The van der Waals surface area contributed by atoms with Crippen LogP contribution in [0.25, 0.3) is 0 Å². The molecule has 1 aromatic rings. The Morgan fingerprint density at radius 3 is 2.30 bits per heavy atom. The number of hydrogen-bond donors (Lipinski definition) is 4. The smallest absolute Gasteiger partial charge is 0.227 e. The van der Waals surface area contributed by atoms with Gasteiger partial charge in [0.1, 0.15) is 5.76 Å². The van der Waals surface area contributed by atoms with E-state index in [0.29, 0.717) is 31.2 Å². The number of amides is 1. The monoisotopic (exact) mass is 593 g/mol. The highest BCUT2D eigenvalue weighted by Gasteiger charge is 2.30. The van der Waals surface area contributed by atoms with E-state index in [1.807, 2.05) is 56.5 Å². The molecule has 0 aliphatic heterocycles. The normalized spacial score (nSPS) is 18.0. The van der Waals surface area contributed by atoms with Gasteiger partial charge < -0.3 is 21.1 Å².